The van der Waals surface area contributed by atoms with Crippen LogP contribution in [0, 0.1) is 11.8 Å². The number of aliphatic hydroxyl groups excluding tert-OH is 1. The summed E-state index contributed by atoms with van der Waals surface area (Å²) in [6.07, 6.45) is 6.47. The molecule has 0 aromatic heterocycles. The van der Waals surface area contributed by atoms with E-state index in [1.807, 2.05) is 0 Å². The molecule has 0 aliphatic carbocycles. The van der Waals surface area contributed by atoms with Gasteiger partial charge in [0.25, 0.3) is 0 Å². The van der Waals surface area contributed by atoms with Crippen LogP contribution in [0.25, 0.3) is 0 Å². The molecule has 174 valence electrons. The van der Waals surface area contributed by atoms with Crippen LogP contribution >= 0.6 is 0 Å². The minimum atomic E-state index is -1.09. The molecule has 3 rings (SSSR count). The lowest BCUT2D eigenvalue weighted by atomic mass is 9.66. The molecule has 2 bridgehead atoms. The molecule has 8 heteroatoms. The average molecular weight is 437 g/mol. The van der Waals surface area contributed by atoms with E-state index < -0.39 is 35.0 Å². The lowest BCUT2D eigenvalue weighted by Gasteiger charge is -2.36. The third-order valence-electron chi connectivity index (χ3n) is 7.28. The summed E-state index contributed by atoms with van der Waals surface area (Å²) in [5, 5.41) is 19.0. The van der Waals surface area contributed by atoms with Crippen molar-refractivity contribution in [2.45, 2.75) is 76.0 Å². The highest BCUT2D eigenvalue weighted by atomic mass is 16.5. The number of hydrogen-bond acceptors (Lipinski definition) is 5. The largest absolute Gasteiger partial charge is 0.481 e. The van der Waals surface area contributed by atoms with E-state index in [-0.39, 0.29) is 18.4 Å². The van der Waals surface area contributed by atoms with Gasteiger partial charge in [-0.15, -0.1) is 6.58 Å². The fourth-order valence-electron chi connectivity index (χ4n) is 5.86. The van der Waals surface area contributed by atoms with Crippen molar-refractivity contribution in [3.63, 3.8) is 0 Å². The predicted molar refractivity (Wildman–Crippen MR) is 114 cm³/mol. The van der Waals surface area contributed by atoms with Gasteiger partial charge >= 0.3 is 5.97 Å². The molecule has 3 aliphatic heterocycles. The zero-order valence-electron chi connectivity index (χ0n) is 18.7. The van der Waals surface area contributed by atoms with Crippen molar-refractivity contribution in [2.75, 3.05) is 26.2 Å². The number of carbonyl (C=O) groups is 3. The Morgan fingerprint density at radius 1 is 1.29 bits per heavy atom. The number of hydrogen-bond donors (Lipinski definition) is 2. The van der Waals surface area contributed by atoms with Crippen molar-refractivity contribution < 1.29 is 29.3 Å². The first-order valence-corrected chi connectivity index (χ1v) is 11.5. The molecule has 3 aliphatic rings. The molecule has 0 saturated carbocycles. The number of carboxylic acids is 1. The minimum Gasteiger partial charge on any atom is -0.481 e. The molecule has 3 fully saturated rings. The van der Waals surface area contributed by atoms with E-state index in [0.717, 1.165) is 19.3 Å². The minimum absolute atomic E-state index is 0.0789. The molecule has 0 aromatic rings. The van der Waals surface area contributed by atoms with Crippen molar-refractivity contribution in [1.29, 1.82) is 0 Å². The molecule has 3 heterocycles. The van der Waals surface area contributed by atoms with Crippen LogP contribution in [0.4, 0.5) is 0 Å². The van der Waals surface area contributed by atoms with Crippen LogP contribution < -0.4 is 0 Å². The van der Waals surface area contributed by atoms with E-state index in [9.17, 15) is 19.5 Å². The number of amides is 2. The maximum Gasteiger partial charge on any atom is 0.310 e. The standard InChI is InChI=1S/C23H36N2O6/c1-4-6-13-24(12-5-2)20(28)18-23-11-10-22(3,31-23)17(21(29)30)16(23)19(27)25(18)14-8-7-9-15-26/h5,16-18,26H,2,4,6-15H2,1,3H3,(H,29,30)/t16-,17-,18?,22+,23?/m0/s1. The lowest BCUT2D eigenvalue weighted by molar-refractivity contribution is -0.156. The first-order valence-electron chi connectivity index (χ1n) is 11.5. The van der Waals surface area contributed by atoms with Crippen LogP contribution in [-0.2, 0) is 19.1 Å². The van der Waals surface area contributed by atoms with E-state index in [0.29, 0.717) is 45.3 Å². The Labute approximate surface area is 184 Å². The van der Waals surface area contributed by atoms with E-state index >= 15 is 0 Å². The summed E-state index contributed by atoms with van der Waals surface area (Å²) in [7, 11) is 0. The van der Waals surface area contributed by atoms with Gasteiger partial charge in [-0.1, -0.05) is 19.4 Å². The molecule has 31 heavy (non-hydrogen) atoms. The zero-order chi connectivity index (χ0) is 22.8. The molecule has 2 unspecified atom stereocenters. The Morgan fingerprint density at radius 3 is 2.65 bits per heavy atom. The van der Waals surface area contributed by atoms with Crippen LogP contribution in [0.1, 0.15) is 58.8 Å². The van der Waals surface area contributed by atoms with Crippen LogP contribution in [0.5, 0.6) is 0 Å². The molecule has 5 atom stereocenters. The van der Waals surface area contributed by atoms with Gasteiger partial charge < -0.3 is 24.7 Å². The van der Waals surface area contributed by atoms with Gasteiger partial charge in [0, 0.05) is 26.2 Å². The van der Waals surface area contributed by atoms with Crippen molar-refractivity contribution in [3.8, 4) is 0 Å². The number of likely N-dealkylation sites (tertiary alicyclic amines) is 1. The highest BCUT2D eigenvalue weighted by Crippen LogP contribution is 2.63. The molecular weight excluding hydrogens is 400 g/mol. The maximum absolute atomic E-state index is 13.8. The van der Waals surface area contributed by atoms with E-state index in [1.54, 1.807) is 22.8 Å². The third-order valence-corrected chi connectivity index (χ3v) is 7.28. The number of nitrogens with zero attached hydrogens (tertiary/aromatic N) is 2. The number of unbranched alkanes of at least 4 members (excludes halogenated alkanes) is 3. The van der Waals surface area contributed by atoms with Crippen LogP contribution in [0.15, 0.2) is 12.7 Å². The first kappa shape index (κ1) is 23.7. The van der Waals surface area contributed by atoms with Crippen molar-refractivity contribution in [2.24, 2.45) is 11.8 Å². The van der Waals surface area contributed by atoms with Crippen LogP contribution in [-0.4, -0.2) is 81.3 Å². The molecular formula is C23H36N2O6. The monoisotopic (exact) mass is 436 g/mol. The molecule has 2 amide bonds. The molecule has 0 radical (unpaired) electrons. The number of carboxylic acid groups (broad SMARTS) is 1. The Kier molecular flexibility index (Phi) is 7.11. The van der Waals surface area contributed by atoms with Crippen molar-refractivity contribution in [3.05, 3.63) is 12.7 Å². The Bertz CT molecular complexity index is 727. The summed E-state index contributed by atoms with van der Waals surface area (Å²) in [5.41, 5.74) is -2.02. The van der Waals surface area contributed by atoms with Gasteiger partial charge in [0.1, 0.15) is 11.6 Å². The summed E-state index contributed by atoms with van der Waals surface area (Å²) in [6, 6.07) is -0.817. The Hall–Kier alpha value is -1.93. The predicted octanol–water partition coefficient (Wildman–Crippen LogP) is 1.81. The van der Waals surface area contributed by atoms with Gasteiger partial charge in [0.15, 0.2) is 0 Å². The maximum atomic E-state index is 13.8. The number of carbonyl (C=O) groups excluding carboxylic acids is 2. The van der Waals surface area contributed by atoms with Gasteiger partial charge in [-0.2, -0.15) is 0 Å². The number of aliphatic carboxylic acids is 1. The van der Waals surface area contributed by atoms with Gasteiger partial charge in [-0.05, 0) is 45.4 Å². The van der Waals surface area contributed by atoms with Crippen LogP contribution in [0.2, 0.25) is 0 Å². The topological polar surface area (TPSA) is 107 Å². The van der Waals surface area contributed by atoms with E-state index in [2.05, 4.69) is 13.5 Å². The SMILES string of the molecule is C=CCN(CCCC)C(=O)C1N(CCCCCO)C(=O)[C@@H]2[C@@H](C(=O)O)[C@@]3(C)CCC12O3. The van der Waals surface area contributed by atoms with E-state index in [4.69, 9.17) is 9.84 Å². The molecule has 1 spiro atoms. The average Bonchev–Trinajstić information content (AvgIpc) is 3.29. The quantitative estimate of drug-likeness (QED) is 0.357. The highest BCUT2D eigenvalue weighted by Gasteiger charge is 2.78. The second kappa shape index (κ2) is 9.28. The summed E-state index contributed by atoms with van der Waals surface area (Å²) < 4.78 is 6.38. The fraction of sp³-hybridized carbons (Fsp3) is 0.783. The normalized spacial score (nSPS) is 33.6. The van der Waals surface area contributed by atoms with Gasteiger partial charge in [0.05, 0.1) is 17.4 Å². The molecule has 3 saturated heterocycles. The molecule has 8 nitrogen and oxygen atoms in total. The van der Waals surface area contributed by atoms with Crippen molar-refractivity contribution >= 4 is 17.8 Å². The number of ether oxygens (including phenoxy) is 1. The summed E-state index contributed by atoms with van der Waals surface area (Å²) in [4.78, 5) is 42.8. The lowest BCUT2D eigenvalue weighted by Crippen LogP contribution is -2.56. The summed E-state index contributed by atoms with van der Waals surface area (Å²) >= 11 is 0. The molecule has 0 aromatic carbocycles. The van der Waals surface area contributed by atoms with Gasteiger partial charge in [-0.3, -0.25) is 14.4 Å². The summed E-state index contributed by atoms with van der Waals surface area (Å²) in [6.45, 7) is 8.96. The zero-order valence-corrected chi connectivity index (χ0v) is 18.7. The second-order valence-corrected chi connectivity index (χ2v) is 9.31. The molecule has 2 N–H and O–H groups in total. The first-order chi connectivity index (χ1) is 14.8. The smallest absolute Gasteiger partial charge is 0.310 e. The third kappa shape index (κ3) is 3.89. The highest BCUT2D eigenvalue weighted by molar-refractivity contribution is 5.98. The Morgan fingerprint density at radius 2 is 2.03 bits per heavy atom. The fourth-order valence-corrected chi connectivity index (χ4v) is 5.86. The number of aliphatic hydroxyl groups is 1. The van der Waals surface area contributed by atoms with Crippen molar-refractivity contribution in [1.82, 2.24) is 9.80 Å². The van der Waals surface area contributed by atoms with Gasteiger partial charge in [-0.25, -0.2) is 0 Å². The van der Waals surface area contributed by atoms with Gasteiger partial charge in [0.2, 0.25) is 11.8 Å². The summed E-state index contributed by atoms with van der Waals surface area (Å²) in [5.74, 6) is -3.29. The van der Waals surface area contributed by atoms with E-state index in [1.165, 1.54) is 0 Å². The number of rotatable bonds is 12. The second-order valence-electron chi connectivity index (χ2n) is 9.31. The van der Waals surface area contributed by atoms with Crippen LogP contribution in [0.3, 0.4) is 0 Å². The Balaban J connectivity index is 1.97. The number of fused-ring (bicyclic) bond motifs is 1.